The summed E-state index contributed by atoms with van der Waals surface area (Å²) in [5.74, 6) is -1.36. The molecule has 0 aliphatic heterocycles. The van der Waals surface area contributed by atoms with E-state index in [1.165, 1.54) is 11.1 Å². The van der Waals surface area contributed by atoms with Crippen molar-refractivity contribution in [1.82, 2.24) is 0 Å². The van der Waals surface area contributed by atoms with Gasteiger partial charge in [0, 0.05) is 5.41 Å². The van der Waals surface area contributed by atoms with Crippen molar-refractivity contribution in [2.45, 2.75) is 52.1 Å². The quantitative estimate of drug-likeness (QED) is 0.496. The zero-order valence-corrected chi connectivity index (χ0v) is 18.4. The van der Waals surface area contributed by atoms with Crippen molar-refractivity contribution in [1.29, 1.82) is 0 Å². The third-order valence-electron chi connectivity index (χ3n) is 6.84. The van der Waals surface area contributed by atoms with Gasteiger partial charge in [-0.05, 0) is 89.9 Å². The van der Waals surface area contributed by atoms with Gasteiger partial charge in [-0.15, -0.1) is 0 Å². The van der Waals surface area contributed by atoms with E-state index in [9.17, 15) is 14.7 Å². The molecule has 0 heterocycles. The first kappa shape index (κ1) is 21.1. The Balaban J connectivity index is 2.05. The van der Waals surface area contributed by atoms with Gasteiger partial charge in [0.15, 0.2) is 0 Å². The number of aliphatic carboxylic acids is 1. The first-order valence-electron chi connectivity index (χ1n) is 10.7. The molecule has 0 amide bonds. The SMILES string of the molecule is Cc1cc2c(cc1C)C(CC(C)OC=O)(CC(C)C(=O)O)c1cc3ccccc3cc1-2. The smallest absolute Gasteiger partial charge is 0.306 e. The molecule has 31 heavy (non-hydrogen) atoms. The molecule has 1 aliphatic carbocycles. The fourth-order valence-electron chi connectivity index (χ4n) is 5.21. The van der Waals surface area contributed by atoms with Crippen LogP contribution < -0.4 is 0 Å². The van der Waals surface area contributed by atoms with Crippen molar-refractivity contribution in [3.05, 3.63) is 70.8 Å². The molecule has 3 aromatic carbocycles. The Hall–Kier alpha value is -3.14. The maximum absolute atomic E-state index is 11.9. The number of ether oxygens (including phenoxy) is 1. The number of benzene rings is 3. The van der Waals surface area contributed by atoms with Gasteiger partial charge in [0.2, 0.25) is 0 Å². The number of carbonyl (C=O) groups is 2. The van der Waals surface area contributed by atoms with E-state index in [4.69, 9.17) is 4.74 Å². The lowest BCUT2D eigenvalue weighted by Crippen LogP contribution is -2.34. The number of fused-ring (bicyclic) bond motifs is 4. The molecule has 0 fully saturated rings. The summed E-state index contributed by atoms with van der Waals surface area (Å²) >= 11 is 0. The highest BCUT2D eigenvalue weighted by Gasteiger charge is 2.46. The molecule has 4 nitrogen and oxygen atoms in total. The largest absolute Gasteiger partial charge is 0.481 e. The molecule has 0 saturated carbocycles. The van der Waals surface area contributed by atoms with Crippen LogP contribution in [0.15, 0.2) is 48.5 Å². The van der Waals surface area contributed by atoms with E-state index in [0.29, 0.717) is 19.3 Å². The Morgan fingerprint density at radius 3 is 2.19 bits per heavy atom. The average Bonchev–Trinajstić information content (AvgIpc) is 2.95. The standard InChI is InChI=1S/C27H28O4/c1-16-9-22-23-11-20-7-5-6-8-21(20)12-25(23)27(13-18(3)26(29)30,14-19(4)31-15-28)24(22)10-17(16)2/h5-12,15,18-19H,13-14H2,1-4H3,(H,29,30). The van der Waals surface area contributed by atoms with Crippen molar-refractivity contribution >= 4 is 23.2 Å². The van der Waals surface area contributed by atoms with E-state index in [-0.39, 0.29) is 6.10 Å². The van der Waals surface area contributed by atoms with E-state index in [0.717, 1.165) is 33.0 Å². The Bertz CT molecular complexity index is 1180. The Morgan fingerprint density at radius 1 is 0.968 bits per heavy atom. The lowest BCUT2D eigenvalue weighted by atomic mass is 9.68. The molecule has 160 valence electrons. The van der Waals surface area contributed by atoms with Crippen LogP contribution in [-0.2, 0) is 19.7 Å². The van der Waals surface area contributed by atoms with Crippen LogP contribution in [0.5, 0.6) is 0 Å². The van der Waals surface area contributed by atoms with E-state index in [1.54, 1.807) is 6.92 Å². The summed E-state index contributed by atoms with van der Waals surface area (Å²) in [6.07, 6.45) is 0.630. The summed E-state index contributed by atoms with van der Waals surface area (Å²) < 4.78 is 5.31. The lowest BCUT2D eigenvalue weighted by Gasteiger charge is -2.36. The van der Waals surface area contributed by atoms with Crippen molar-refractivity contribution in [2.24, 2.45) is 5.92 Å². The molecular weight excluding hydrogens is 388 g/mol. The highest BCUT2D eigenvalue weighted by atomic mass is 16.5. The van der Waals surface area contributed by atoms with Crippen molar-refractivity contribution in [3.63, 3.8) is 0 Å². The second-order valence-corrected chi connectivity index (χ2v) is 9.00. The van der Waals surface area contributed by atoms with E-state index in [1.807, 2.05) is 19.1 Å². The number of hydrogen-bond donors (Lipinski definition) is 1. The fourth-order valence-corrected chi connectivity index (χ4v) is 5.21. The van der Waals surface area contributed by atoms with E-state index >= 15 is 0 Å². The van der Waals surface area contributed by atoms with Crippen LogP contribution >= 0.6 is 0 Å². The zero-order valence-electron chi connectivity index (χ0n) is 18.4. The van der Waals surface area contributed by atoms with Crippen LogP contribution in [0.4, 0.5) is 0 Å². The average molecular weight is 417 g/mol. The van der Waals surface area contributed by atoms with E-state index < -0.39 is 17.3 Å². The monoisotopic (exact) mass is 416 g/mol. The van der Waals surface area contributed by atoms with Gasteiger partial charge in [-0.25, -0.2) is 0 Å². The fraction of sp³-hybridized carbons (Fsp3) is 0.333. The molecule has 1 N–H and O–H groups in total. The summed E-state index contributed by atoms with van der Waals surface area (Å²) in [5.41, 5.74) is 6.39. The molecule has 0 saturated heterocycles. The summed E-state index contributed by atoms with van der Waals surface area (Å²) in [5, 5.41) is 12.1. The first-order chi connectivity index (χ1) is 14.8. The highest BCUT2D eigenvalue weighted by molar-refractivity contribution is 5.94. The normalized spacial score (nSPS) is 18.8. The molecule has 0 radical (unpaired) electrons. The van der Waals surface area contributed by atoms with Crippen LogP contribution in [0.25, 0.3) is 21.9 Å². The molecule has 3 aromatic rings. The minimum absolute atomic E-state index is 0.342. The molecule has 0 spiro atoms. The minimum Gasteiger partial charge on any atom is -0.481 e. The van der Waals surface area contributed by atoms with Gasteiger partial charge >= 0.3 is 5.97 Å². The lowest BCUT2D eigenvalue weighted by molar-refractivity contribution is -0.142. The van der Waals surface area contributed by atoms with Crippen LogP contribution in [0.3, 0.4) is 0 Å². The Kier molecular flexibility index (Phi) is 5.34. The second kappa shape index (κ2) is 7.84. The molecule has 4 rings (SSSR count). The van der Waals surface area contributed by atoms with Crippen LogP contribution in [-0.4, -0.2) is 23.7 Å². The summed E-state index contributed by atoms with van der Waals surface area (Å²) in [6.45, 7) is 8.31. The molecule has 3 unspecified atom stereocenters. The number of hydrogen-bond acceptors (Lipinski definition) is 3. The van der Waals surface area contributed by atoms with Crippen LogP contribution in [0, 0.1) is 19.8 Å². The molecule has 0 aromatic heterocycles. The second-order valence-electron chi connectivity index (χ2n) is 9.00. The third kappa shape index (κ3) is 3.50. The van der Waals surface area contributed by atoms with Gasteiger partial charge in [0.25, 0.3) is 6.47 Å². The number of carboxylic acid groups (broad SMARTS) is 1. The molecular formula is C27H28O4. The van der Waals surface area contributed by atoms with Gasteiger partial charge in [-0.3, -0.25) is 9.59 Å². The molecule has 1 aliphatic rings. The van der Waals surface area contributed by atoms with E-state index in [2.05, 4.69) is 50.2 Å². The third-order valence-corrected chi connectivity index (χ3v) is 6.84. The number of aryl methyl sites for hydroxylation is 2. The predicted molar refractivity (Wildman–Crippen MR) is 122 cm³/mol. The number of carboxylic acids is 1. The van der Waals surface area contributed by atoms with Crippen molar-refractivity contribution in [3.8, 4) is 11.1 Å². The number of carbonyl (C=O) groups excluding carboxylic acids is 1. The van der Waals surface area contributed by atoms with Gasteiger partial charge in [-0.1, -0.05) is 43.3 Å². The van der Waals surface area contributed by atoms with Gasteiger partial charge in [0.05, 0.1) is 12.0 Å². The predicted octanol–water partition coefficient (Wildman–Crippen LogP) is 5.79. The minimum atomic E-state index is -0.817. The summed E-state index contributed by atoms with van der Waals surface area (Å²) in [4.78, 5) is 23.0. The number of rotatable bonds is 7. The van der Waals surface area contributed by atoms with Gasteiger partial charge < -0.3 is 9.84 Å². The van der Waals surface area contributed by atoms with Crippen LogP contribution in [0.2, 0.25) is 0 Å². The van der Waals surface area contributed by atoms with Crippen molar-refractivity contribution < 1.29 is 19.4 Å². The maximum atomic E-state index is 11.9. The Morgan fingerprint density at radius 2 is 1.55 bits per heavy atom. The van der Waals surface area contributed by atoms with Gasteiger partial charge in [-0.2, -0.15) is 0 Å². The molecule has 0 bridgehead atoms. The zero-order chi connectivity index (χ0) is 22.3. The van der Waals surface area contributed by atoms with Crippen molar-refractivity contribution in [2.75, 3.05) is 0 Å². The highest BCUT2D eigenvalue weighted by Crippen LogP contribution is 2.56. The molecule has 3 atom stereocenters. The van der Waals surface area contributed by atoms with Crippen LogP contribution in [0.1, 0.15) is 48.9 Å². The maximum Gasteiger partial charge on any atom is 0.306 e. The summed E-state index contributed by atoms with van der Waals surface area (Å²) in [7, 11) is 0. The summed E-state index contributed by atoms with van der Waals surface area (Å²) in [6, 6.07) is 17.1. The Labute approximate surface area is 182 Å². The molecule has 4 heteroatoms. The topological polar surface area (TPSA) is 63.6 Å². The van der Waals surface area contributed by atoms with Gasteiger partial charge in [0.1, 0.15) is 0 Å². The first-order valence-corrected chi connectivity index (χ1v) is 10.7.